The average Bonchev–Trinajstić information content (AvgIpc) is 1.90. The fraction of sp³-hybridized carbons (Fsp3) is 0. The van der Waals surface area contributed by atoms with E-state index < -0.39 is 0 Å². The number of nitrogens with one attached hydrogen (secondary N) is 1. The van der Waals surface area contributed by atoms with Crippen molar-refractivity contribution >= 4 is 22.8 Å². The highest BCUT2D eigenvalue weighted by molar-refractivity contribution is 8.93. The van der Waals surface area contributed by atoms with Gasteiger partial charge in [0.1, 0.15) is 5.84 Å². The van der Waals surface area contributed by atoms with Gasteiger partial charge in [-0.05, 0) is 0 Å². The van der Waals surface area contributed by atoms with Crippen LogP contribution >= 0.6 is 17.0 Å². The fourth-order valence-electron chi connectivity index (χ4n) is 0.618. The zero-order valence-corrected chi connectivity index (χ0v) is 7.09. The van der Waals surface area contributed by atoms with Gasteiger partial charge in [-0.25, -0.2) is 0 Å². The van der Waals surface area contributed by atoms with E-state index in [4.69, 9.17) is 11.1 Å². The minimum absolute atomic E-state index is 0. The van der Waals surface area contributed by atoms with Crippen molar-refractivity contribution in [1.29, 1.82) is 5.41 Å². The predicted octanol–water partition coefficient (Wildman–Crippen LogP) is 1.55. The first-order chi connectivity index (χ1) is 4.30. The van der Waals surface area contributed by atoms with E-state index in [0.29, 0.717) is 0 Å². The highest BCUT2D eigenvalue weighted by Crippen LogP contribution is 1.94. The fourth-order valence-corrected chi connectivity index (χ4v) is 0.618. The number of hydrogen-bond acceptors (Lipinski definition) is 1. The van der Waals surface area contributed by atoms with Crippen LogP contribution in [0.3, 0.4) is 0 Å². The van der Waals surface area contributed by atoms with E-state index in [1.165, 1.54) is 0 Å². The van der Waals surface area contributed by atoms with Crippen molar-refractivity contribution in [2.24, 2.45) is 5.73 Å². The van der Waals surface area contributed by atoms with E-state index in [-0.39, 0.29) is 22.8 Å². The molecule has 3 heteroatoms. The van der Waals surface area contributed by atoms with Gasteiger partial charge >= 0.3 is 0 Å². The van der Waals surface area contributed by atoms with Gasteiger partial charge in [-0.15, -0.1) is 17.0 Å². The molecule has 2 nitrogen and oxygen atoms in total. The van der Waals surface area contributed by atoms with E-state index in [0.717, 1.165) is 5.56 Å². The van der Waals surface area contributed by atoms with Crippen molar-refractivity contribution in [2.45, 2.75) is 0 Å². The molecule has 1 aromatic rings. The Hall–Kier alpha value is -0.830. The van der Waals surface area contributed by atoms with Crippen LogP contribution in [0.1, 0.15) is 5.56 Å². The highest BCUT2D eigenvalue weighted by Gasteiger charge is 1.89. The monoisotopic (exact) mass is 200 g/mol. The van der Waals surface area contributed by atoms with E-state index in [1.807, 2.05) is 30.3 Å². The number of rotatable bonds is 1. The van der Waals surface area contributed by atoms with Gasteiger partial charge in [-0.1, -0.05) is 30.3 Å². The van der Waals surface area contributed by atoms with Crippen molar-refractivity contribution in [3.8, 4) is 0 Å². The van der Waals surface area contributed by atoms with Crippen LogP contribution in [-0.2, 0) is 0 Å². The molecule has 3 N–H and O–H groups in total. The van der Waals surface area contributed by atoms with Gasteiger partial charge < -0.3 is 5.73 Å². The summed E-state index contributed by atoms with van der Waals surface area (Å²) in [5, 5.41) is 7.01. The van der Waals surface area contributed by atoms with Gasteiger partial charge in [0.25, 0.3) is 0 Å². The van der Waals surface area contributed by atoms with E-state index >= 15 is 0 Å². The third kappa shape index (κ3) is 2.19. The zero-order chi connectivity index (χ0) is 6.69. The topological polar surface area (TPSA) is 49.9 Å². The zero-order valence-electron chi connectivity index (χ0n) is 5.37. The summed E-state index contributed by atoms with van der Waals surface area (Å²) in [6, 6.07) is 9.23. The summed E-state index contributed by atoms with van der Waals surface area (Å²) in [6.07, 6.45) is 0. The highest BCUT2D eigenvalue weighted by atomic mass is 79.9. The molecule has 1 rings (SSSR count). The van der Waals surface area contributed by atoms with Crippen LogP contribution < -0.4 is 5.73 Å². The molecule has 0 aliphatic rings. The molecule has 0 fully saturated rings. The molecule has 0 heterocycles. The first-order valence-corrected chi connectivity index (χ1v) is 2.70. The number of nitrogen functional groups attached to an aromatic ring is 1. The number of benzene rings is 1. The van der Waals surface area contributed by atoms with Crippen LogP contribution in [0, 0.1) is 5.41 Å². The smallest absolute Gasteiger partial charge is 0.122 e. The Kier molecular flexibility index (Phi) is 3.72. The summed E-state index contributed by atoms with van der Waals surface area (Å²) in [7, 11) is 0. The maximum absolute atomic E-state index is 7.01. The summed E-state index contributed by atoms with van der Waals surface area (Å²) in [5.41, 5.74) is 5.97. The van der Waals surface area contributed by atoms with Gasteiger partial charge in [-0.2, -0.15) is 0 Å². The molecule has 0 saturated heterocycles. The average molecular weight is 201 g/mol. The molecule has 1 aromatic carbocycles. The Morgan fingerprint density at radius 3 is 2.00 bits per heavy atom. The van der Waals surface area contributed by atoms with Crippen molar-refractivity contribution in [3.63, 3.8) is 0 Å². The van der Waals surface area contributed by atoms with Gasteiger partial charge in [0.2, 0.25) is 0 Å². The normalized spacial score (nSPS) is 8.00. The SMILES string of the molecule is Br.N=C(N)c1ccccc1. The standard InChI is InChI=1S/C7H8N2.BrH/c8-7(9)6-4-2-1-3-5-6;/h1-5H,(H3,8,9);1H. The number of nitrogens with two attached hydrogens (primary N) is 1. The van der Waals surface area contributed by atoms with E-state index in [2.05, 4.69) is 0 Å². The minimum Gasteiger partial charge on any atom is -0.384 e. The molecule has 0 bridgehead atoms. The van der Waals surface area contributed by atoms with Crippen LogP contribution in [0.2, 0.25) is 0 Å². The van der Waals surface area contributed by atoms with Crippen LogP contribution in [0.15, 0.2) is 30.3 Å². The molecule has 54 valence electrons. The molecular weight excluding hydrogens is 192 g/mol. The van der Waals surface area contributed by atoms with Crippen LogP contribution in [0.5, 0.6) is 0 Å². The minimum atomic E-state index is 0. The largest absolute Gasteiger partial charge is 0.384 e. The molecule has 0 radical (unpaired) electrons. The van der Waals surface area contributed by atoms with Gasteiger partial charge in [0.05, 0.1) is 0 Å². The van der Waals surface area contributed by atoms with Crippen LogP contribution in [-0.4, -0.2) is 5.84 Å². The lowest BCUT2D eigenvalue weighted by Gasteiger charge is -1.93. The van der Waals surface area contributed by atoms with Gasteiger partial charge in [-0.3, -0.25) is 5.41 Å². The number of halogens is 1. The maximum atomic E-state index is 7.01. The molecule has 0 aromatic heterocycles. The summed E-state index contributed by atoms with van der Waals surface area (Å²) < 4.78 is 0. The molecule has 0 saturated carbocycles. The van der Waals surface area contributed by atoms with E-state index in [9.17, 15) is 0 Å². The van der Waals surface area contributed by atoms with Crippen LogP contribution in [0.25, 0.3) is 0 Å². The number of amidine groups is 1. The Bertz CT molecular complexity index is 208. The molecule has 10 heavy (non-hydrogen) atoms. The summed E-state index contributed by atoms with van der Waals surface area (Å²) in [4.78, 5) is 0. The second-order valence-corrected chi connectivity index (χ2v) is 1.78. The van der Waals surface area contributed by atoms with Gasteiger partial charge in [0.15, 0.2) is 0 Å². The summed E-state index contributed by atoms with van der Waals surface area (Å²) in [6.45, 7) is 0. The third-order valence-corrected chi connectivity index (χ3v) is 1.08. The molecule has 0 unspecified atom stereocenters. The van der Waals surface area contributed by atoms with Crippen molar-refractivity contribution < 1.29 is 0 Å². The first-order valence-electron chi connectivity index (χ1n) is 2.70. The Morgan fingerprint density at radius 1 is 1.20 bits per heavy atom. The van der Waals surface area contributed by atoms with Crippen molar-refractivity contribution in [3.05, 3.63) is 35.9 Å². The Labute approximate surface area is 70.3 Å². The molecule has 0 aliphatic heterocycles. The molecule has 0 atom stereocenters. The molecule has 0 amide bonds. The molecular formula is C7H9BrN2. The second-order valence-electron chi connectivity index (χ2n) is 1.78. The van der Waals surface area contributed by atoms with Crippen molar-refractivity contribution in [2.75, 3.05) is 0 Å². The lowest BCUT2D eigenvalue weighted by molar-refractivity contribution is 1.42. The lowest BCUT2D eigenvalue weighted by atomic mass is 10.2. The molecule has 0 spiro atoms. The van der Waals surface area contributed by atoms with Crippen LogP contribution in [0.4, 0.5) is 0 Å². The third-order valence-electron chi connectivity index (χ3n) is 1.08. The number of hydrogen-bond donors (Lipinski definition) is 2. The second kappa shape index (κ2) is 4.06. The summed E-state index contributed by atoms with van der Waals surface area (Å²) in [5.74, 6) is 0.121. The molecule has 0 aliphatic carbocycles. The van der Waals surface area contributed by atoms with E-state index in [1.54, 1.807) is 0 Å². The summed E-state index contributed by atoms with van der Waals surface area (Å²) >= 11 is 0. The lowest BCUT2D eigenvalue weighted by Crippen LogP contribution is -2.10. The Balaban J connectivity index is 0.000000810. The van der Waals surface area contributed by atoms with Gasteiger partial charge in [0, 0.05) is 5.56 Å². The predicted molar refractivity (Wildman–Crippen MR) is 47.8 cm³/mol. The Morgan fingerprint density at radius 2 is 1.70 bits per heavy atom. The first kappa shape index (κ1) is 9.17. The quantitative estimate of drug-likeness (QED) is 0.525. The maximum Gasteiger partial charge on any atom is 0.122 e. The van der Waals surface area contributed by atoms with Crippen molar-refractivity contribution in [1.82, 2.24) is 0 Å².